The van der Waals surface area contributed by atoms with Crippen LogP contribution in [-0.4, -0.2) is 29.4 Å². The van der Waals surface area contributed by atoms with E-state index in [4.69, 9.17) is 5.73 Å². The minimum Gasteiger partial charge on any atom is -0.369 e. The van der Waals surface area contributed by atoms with Crippen LogP contribution in [0.5, 0.6) is 0 Å². The van der Waals surface area contributed by atoms with Crippen molar-refractivity contribution in [2.45, 2.75) is 25.3 Å². The highest BCUT2D eigenvalue weighted by atomic mass is 16.2. The van der Waals surface area contributed by atoms with Crippen molar-refractivity contribution in [3.8, 4) is 0 Å². The summed E-state index contributed by atoms with van der Waals surface area (Å²) in [6.07, 6.45) is 1.13. The molecule has 1 aliphatic rings. The molecule has 2 rings (SSSR count). The van der Waals surface area contributed by atoms with Crippen LogP contribution in [0.25, 0.3) is 0 Å². The van der Waals surface area contributed by atoms with E-state index in [1.165, 1.54) is 10.5 Å². The van der Waals surface area contributed by atoms with Gasteiger partial charge in [0.25, 0.3) is 0 Å². The van der Waals surface area contributed by atoms with Crippen molar-refractivity contribution in [3.63, 3.8) is 0 Å². The molecule has 1 aromatic rings. The first-order valence-corrected chi connectivity index (χ1v) is 5.66. The third kappa shape index (κ3) is 2.46. The highest BCUT2D eigenvalue weighted by molar-refractivity contribution is 5.98. The van der Waals surface area contributed by atoms with E-state index in [1.807, 2.05) is 37.3 Å². The van der Waals surface area contributed by atoms with Gasteiger partial charge in [-0.2, -0.15) is 0 Å². The van der Waals surface area contributed by atoms with Crippen molar-refractivity contribution in [1.29, 1.82) is 0 Å². The average Bonchev–Trinajstić information content (AvgIpc) is 2.27. The van der Waals surface area contributed by atoms with E-state index in [0.717, 1.165) is 6.42 Å². The number of nitrogens with zero attached hydrogens (tertiary/aromatic N) is 2. The summed E-state index contributed by atoms with van der Waals surface area (Å²) in [5.41, 5.74) is 6.50. The number of aliphatic imine (C=N–C) groups is 1. The van der Waals surface area contributed by atoms with E-state index in [-0.39, 0.29) is 5.91 Å². The van der Waals surface area contributed by atoms with Crippen LogP contribution in [-0.2, 0) is 11.2 Å². The van der Waals surface area contributed by atoms with Crippen molar-refractivity contribution in [1.82, 2.24) is 4.90 Å². The number of carbonyl (C=O) groups is 1. The molecule has 0 radical (unpaired) electrons. The van der Waals surface area contributed by atoms with Crippen molar-refractivity contribution < 1.29 is 4.79 Å². The lowest BCUT2D eigenvalue weighted by atomic mass is 9.88. The molecule has 1 amide bonds. The molecule has 17 heavy (non-hydrogen) atoms. The van der Waals surface area contributed by atoms with Gasteiger partial charge in [-0.15, -0.1) is 0 Å². The summed E-state index contributed by atoms with van der Waals surface area (Å²) in [4.78, 5) is 17.6. The van der Waals surface area contributed by atoms with E-state index < -0.39 is 5.54 Å². The molecule has 2 N–H and O–H groups in total. The zero-order valence-corrected chi connectivity index (χ0v) is 10.2. The molecule has 0 spiro atoms. The second kappa shape index (κ2) is 4.20. The van der Waals surface area contributed by atoms with Crippen molar-refractivity contribution in [3.05, 3.63) is 35.9 Å². The fraction of sp³-hybridized carbons (Fsp3) is 0.385. The number of carbonyl (C=O) groups excluding carboxylic acids is 1. The van der Waals surface area contributed by atoms with Crippen molar-refractivity contribution in [2.24, 2.45) is 10.7 Å². The third-order valence-electron chi connectivity index (χ3n) is 3.06. The molecule has 0 saturated carbocycles. The fourth-order valence-corrected chi connectivity index (χ4v) is 2.10. The molecule has 1 aliphatic heterocycles. The summed E-state index contributed by atoms with van der Waals surface area (Å²) in [5, 5.41) is 0. The van der Waals surface area contributed by atoms with Crippen LogP contribution in [0.4, 0.5) is 0 Å². The molecule has 0 fully saturated rings. The fourth-order valence-electron chi connectivity index (χ4n) is 2.10. The van der Waals surface area contributed by atoms with E-state index in [2.05, 4.69) is 4.99 Å². The minimum atomic E-state index is -0.422. The van der Waals surface area contributed by atoms with E-state index >= 15 is 0 Å². The van der Waals surface area contributed by atoms with Gasteiger partial charge < -0.3 is 5.73 Å². The van der Waals surface area contributed by atoms with Gasteiger partial charge in [0.15, 0.2) is 5.96 Å². The Hall–Kier alpha value is -1.84. The Labute approximate surface area is 101 Å². The molecular formula is C13H17N3O. The molecule has 0 aromatic heterocycles. The zero-order valence-electron chi connectivity index (χ0n) is 10.2. The van der Waals surface area contributed by atoms with Gasteiger partial charge in [-0.25, -0.2) is 4.99 Å². The maximum absolute atomic E-state index is 11.8. The molecule has 90 valence electrons. The van der Waals surface area contributed by atoms with Crippen LogP contribution in [0.3, 0.4) is 0 Å². The number of guanidine groups is 1. The van der Waals surface area contributed by atoms with Crippen LogP contribution >= 0.6 is 0 Å². The van der Waals surface area contributed by atoms with Gasteiger partial charge >= 0.3 is 0 Å². The van der Waals surface area contributed by atoms with Crippen LogP contribution in [0, 0.1) is 0 Å². The summed E-state index contributed by atoms with van der Waals surface area (Å²) in [6, 6.07) is 10.0. The number of benzene rings is 1. The molecule has 4 heteroatoms. The van der Waals surface area contributed by atoms with Gasteiger partial charge in [-0.05, 0) is 18.9 Å². The summed E-state index contributed by atoms with van der Waals surface area (Å²) >= 11 is 0. The Morgan fingerprint density at radius 2 is 2.06 bits per heavy atom. The van der Waals surface area contributed by atoms with Crippen molar-refractivity contribution >= 4 is 11.9 Å². The zero-order chi connectivity index (χ0) is 12.5. The lowest BCUT2D eigenvalue weighted by Gasteiger charge is -2.33. The molecule has 0 bridgehead atoms. The summed E-state index contributed by atoms with van der Waals surface area (Å²) < 4.78 is 0. The standard InChI is InChI=1S/C13H17N3O/c1-13(8-10-6-4-3-5-7-10)9-11(17)16(2)12(14)15-13/h3-7H,8-9H2,1-2H3,(H2,14,15)/t13-/m1/s1. The Morgan fingerprint density at radius 3 is 2.65 bits per heavy atom. The maximum atomic E-state index is 11.8. The van der Waals surface area contributed by atoms with Gasteiger partial charge in [0.2, 0.25) is 5.91 Å². The average molecular weight is 231 g/mol. The highest BCUT2D eigenvalue weighted by Crippen LogP contribution is 2.25. The molecule has 1 atom stereocenters. The molecule has 0 saturated heterocycles. The smallest absolute Gasteiger partial charge is 0.231 e. The molecule has 4 nitrogen and oxygen atoms in total. The summed E-state index contributed by atoms with van der Waals surface area (Å²) in [7, 11) is 1.66. The molecule has 0 unspecified atom stereocenters. The van der Waals surface area contributed by atoms with Crippen LogP contribution in [0.1, 0.15) is 18.9 Å². The van der Waals surface area contributed by atoms with Gasteiger partial charge in [0.1, 0.15) is 0 Å². The number of hydrogen-bond acceptors (Lipinski definition) is 3. The maximum Gasteiger partial charge on any atom is 0.231 e. The quantitative estimate of drug-likeness (QED) is 0.830. The monoisotopic (exact) mass is 231 g/mol. The lowest BCUT2D eigenvalue weighted by Crippen LogP contribution is -2.49. The topological polar surface area (TPSA) is 58.7 Å². The first-order chi connectivity index (χ1) is 8.00. The van der Waals surface area contributed by atoms with E-state index in [1.54, 1.807) is 7.05 Å². The molecule has 0 aliphatic carbocycles. The molecule has 1 heterocycles. The van der Waals surface area contributed by atoms with Gasteiger partial charge in [-0.3, -0.25) is 9.69 Å². The number of hydrogen-bond donors (Lipinski definition) is 1. The van der Waals surface area contributed by atoms with Crippen LogP contribution < -0.4 is 5.73 Å². The first kappa shape index (κ1) is 11.6. The minimum absolute atomic E-state index is 0.0240. The van der Waals surface area contributed by atoms with Crippen LogP contribution in [0.2, 0.25) is 0 Å². The van der Waals surface area contributed by atoms with E-state index in [0.29, 0.717) is 12.4 Å². The van der Waals surface area contributed by atoms with Gasteiger partial charge in [0.05, 0.1) is 12.0 Å². The van der Waals surface area contributed by atoms with Gasteiger partial charge in [-0.1, -0.05) is 30.3 Å². The Morgan fingerprint density at radius 1 is 1.41 bits per heavy atom. The second-order valence-electron chi connectivity index (χ2n) is 4.76. The molecular weight excluding hydrogens is 214 g/mol. The number of amides is 1. The van der Waals surface area contributed by atoms with Gasteiger partial charge in [0, 0.05) is 7.05 Å². The Balaban J connectivity index is 2.23. The predicted octanol–water partition coefficient (Wildman–Crippen LogP) is 1.16. The highest BCUT2D eigenvalue weighted by Gasteiger charge is 2.34. The summed E-state index contributed by atoms with van der Waals surface area (Å²) in [6.45, 7) is 1.97. The van der Waals surface area contributed by atoms with E-state index in [9.17, 15) is 4.79 Å². The Kier molecular flexibility index (Phi) is 2.88. The molecule has 1 aromatic carbocycles. The largest absolute Gasteiger partial charge is 0.369 e. The SMILES string of the molecule is CN1C(=O)C[C@@](C)(Cc2ccccc2)N=C1N. The summed E-state index contributed by atoms with van der Waals surface area (Å²) in [5.74, 6) is 0.329. The Bertz CT molecular complexity index is 455. The van der Waals surface area contributed by atoms with Crippen molar-refractivity contribution in [2.75, 3.05) is 7.05 Å². The third-order valence-corrected chi connectivity index (χ3v) is 3.06. The second-order valence-corrected chi connectivity index (χ2v) is 4.76. The number of nitrogens with two attached hydrogens (primary N) is 1. The normalized spacial score (nSPS) is 24.7. The lowest BCUT2D eigenvalue weighted by molar-refractivity contribution is -0.128. The number of rotatable bonds is 2. The van der Waals surface area contributed by atoms with Crippen LogP contribution in [0.15, 0.2) is 35.3 Å². The first-order valence-electron chi connectivity index (χ1n) is 5.66. The predicted molar refractivity (Wildman–Crippen MR) is 67.6 cm³/mol.